The molecule has 3 nitrogen and oxygen atoms in total. The molecule has 1 amide bonds. The molecule has 0 aliphatic heterocycles. The maximum atomic E-state index is 11.8. The van der Waals surface area contributed by atoms with E-state index in [0.717, 1.165) is 25.8 Å². The highest BCUT2D eigenvalue weighted by atomic mass is 32.2. The van der Waals surface area contributed by atoms with E-state index in [9.17, 15) is 4.79 Å². The number of hydrogen-bond acceptors (Lipinski definition) is 3. The molecule has 102 valence electrons. The van der Waals surface area contributed by atoms with E-state index in [2.05, 4.69) is 11.6 Å². The molecule has 3 N–H and O–H groups in total. The molecule has 0 rings (SSSR count). The topological polar surface area (TPSA) is 55.1 Å². The Bertz CT molecular complexity index is 208. The highest BCUT2D eigenvalue weighted by Gasteiger charge is 2.26. The first kappa shape index (κ1) is 16.8. The summed E-state index contributed by atoms with van der Waals surface area (Å²) in [6, 6.07) is 0. The van der Waals surface area contributed by atoms with E-state index in [1.54, 1.807) is 0 Å². The molecule has 0 spiro atoms. The van der Waals surface area contributed by atoms with Crippen LogP contribution in [0.25, 0.3) is 0 Å². The largest absolute Gasteiger partial charge is 0.355 e. The molecule has 17 heavy (non-hydrogen) atoms. The predicted molar refractivity (Wildman–Crippen MR) is 77.4 cm³/mol. The van der Waals surface area contributed by atoms with Gasteiger partial charge in [0.2, 0.25) is 5.91 Å². The quantitative estimate of drug-likeness (QED) is 0.594. The smallest absolute Gasteiger partial charge is 0.239 e. The highest BCUT2D eigenvalue weighted by molar-refractivity contribution is 7.98. The Morgan fingerprint density at radius 1 is 1.29 bits per heavy atom. The third-order valence-corrected chi connectivity index (χ3v) is 3.55. The van der Waals surface area contributed by atoms with Crippen LogP contribution < -0.4 is 11.1 Å². The van der Waals surface area contributed by atoms with Crippen molar-refractivity contribution in [1.29, 1.82) is 0 Å². The van der Waals surface area contributed by atoms with Crippen LogP contribution in [0, 0.1) is 0 Å². The van der Waals surface area contributed by atoms with Gasteiger partial charge in [0.25, 0.3) is 0 Å². The molecule has 4 heteroatoms. The van der Waals surface area contributed by atoms with Crippen molar-refractivity contribution in [3.05, 3.63) is 0 Å². The Morgan fingerprint density at radius 3 is 2.53 bits per heavy atom. The van der Waals surface area contributed by atoms with E-state index < -0.39 is 5.54 Å². The van der Waals surface area contributed by atoms with E-state index in [0.29, 0.717) is 0 Å². The second-order valence-corrected chi connectivity index (χ2v) is 5.82. The molecule has 0 aromatic carbocycles. The van der Waals surface area contributed by atoms with Gasteiger partial charge >= 0.3 is 0 Å². The van der Waals surface area contributed by atoms with Crippen molar-refractivity contribution in [3.8, 4) is 0 Å². The lowest BCUT2D eigenvalue weighted by Crippen LogP contribution is -2.51. The third kappa shape index (κ3) is 8.50. The minimum atomic E-state index is -0.701. The third-order valence-electron chi connectivity index (χ3n) is 2.85. The summed E-state index contributed by atoms with van der Waals surface area (Å²) >= 11 is 1.89. The normalized spacial score (nSPS) is 14.4. The zero-order chi connectivity index (χ0) is 13.1. The summed E-state index contributed by atoms with van der Waals surface area (Å²) in [6.45, 7) is 4.61. The van der Waals surface area contributed by atoms with E-state index in [1.165, 1.54) is 25.0 Å². The van der Waals surface area contributed by atoms with Crippen LogP contribution in [0.2, 0.25) is 0 Å². The highest BCUT2D eigenvalue weighted by Crippen LogP contribution is 2.08. The van der Waals surface area contributed by atoms with Crippen LogP contribution in [0.5, 0.6) is 0 Å². The first-order chi connectivity index (χ1) is 8.04. The van der Waals surface area contributed by atoms with Gasteiger partial charge < -0.3 is 11.1 Å². The van der Waals surface area contributed by atoms with Gasteiger partial charge in [-0.15, -0.1) is 0 Å². The van der Waals surface area contributed by atoms with E-state index in [1.807, 2.05) is 25.6 Å². The van der Waals surface area contributed by atoms with E-state index >= 15 is 0 Å². The number of hydrogen-bond donors (Lipinski definition) is 2. The Hall–Kier alpha value is -0.220. The average molecular weight is 260 g/mol. The zero-order valence-electron chi connectivity index (χ0n) is 11.6. The van der Waals surface area contributed by atoms with Crippen molar-refractivity contribution in [2.45, 2.75) is 57.9 Å². The fourth-order valence-electron chi connectivity index (χ4n) is 1.76. The lowest BCUT2D eigenvalue weighted by molar-refractivity contribution is -0.126. The maximum absolute atomic E-state index is 11.8. The lowest BCUT2D eigenvalue weighted by Gasteiger charge is -2.22. The zero-order valence-corrected chi connectivity index (χ0v) is 12.4. The summed E-state index contributed by atoms with van der Waals surface area (Å²) in [7, 11) is 0. The number of nitrogens with two attached hydrogens (primary N) is 1. The number of amides is 1. The summed E-state index contributed by atoms with van der Waals surface area (Å²) in [4.78, 5) is 11.8. The molecule has 0 bridgehead atoms. The fourth-order valence-corrected chi connectivity index (χ4v) is 2.25. The van der Waals surface area contributed by atoms with Crippen LogP contribution in [-0.4, -0.2) is 30.0 Å². The summed E-state index contributed by atoms with van der Waals surface area (Å²) in [5.41, 5.74) is 5.24. The second kappa shape index (κ2) is 9.77. The molecule has 0 aliphatic rings. The van der Waals surface area contributed by atoms with Gasteiger partial charge in [-0.25, -0.2) is 0 Å². The number of carbonyl (C=O) groups excluding carboxylic acids is 1. The van der Waals surface area contributed by atoms with E-state index in [4.69, 9.17) is 5.73 Å². The van der Waals surface area contributed by atoms with Crippen LogP contribution in [0.15, 0.2) is 0 Å². The van der Waals surface area contributed by atoms with Crippen molar-refractivity contribution >= 4 is 17.7 Å². The summed E-state index contributed by atoms with van der Waals surface area (Å²) in [6.07, 6.45) is 8.60. The van der Waals surface area contributed by atoms with Crippen molar-refractivity contribution in [2.75, 3.05) is 18.6 Å². The minimum Gasteiger partial charge on any atom is -0.355 e. The predicted octanol–water partition coefficient (Wildman–Crippen LogP) is 2.54. The Labute approximate surface area is 110 Å². The first-order valence-electron chi connectivity index (χ1n) is 6.60. The van der Waals surface area contributed by atoms with Crippen LogP contribution in [0.3, 0.4) is 0 Å². The molecule has 0 saturated heterocycles. The van der Waals surface area contributed by atoms with Gasteiger partial charge in [0.1, 0.15) is 0 Å². The Kier molecular flexibility index (Phi) is 9.65. The number of unbranched alkanes of at least 4 members (excludes halogenated alkanes) is 3. The molecular weight excluding hydrogens is 232 g/mol. The van der Waals surface area contributed by atoms with Crippen LogP contribution >= 0.6 is 11.8 Å². The van der Waals surface area contributed by atoms with Crippen molar-refractivity contribution < 1.29 is 4.79 Å². The van der Waals surface area contributed by atoms with Crippen molar-refractivity contribution in [1.82, 2.24) is 5.32 Å². The number of nitrogens with one attached hydrogen (secondary N) is 1. The second-order valence-electron chi connectivity index (χ2n) is 4.83. The van der Waals surface area contributed by atoms with Gasteiger partial charge in [-0.05, 0) is 38.2 Å². The number of thioether (sulfide) groups is 1. The lowest BCUT2D eigenvalue weighted by atomic mass is 9.96. The van der Waals surface area contributed by atoms with Crippen molar-refractivity contribution in [2.24, 2.45) is 5.73 Å². The molecule has 0 heterocycles. The summed E-state index contributed by atoms with van der Waals surface area (Å²) < 4.78 is 0. The monoisotopic (exact) mass is 260 g/mol. The van der Waals surface area contributed by atoms with Crippen LogP contribution in [0.1, 0.15) is 52.4 Å². The van der Waals surface area contributed by atoms with Gasteiger partial charge in [-0.3, -0.25) is 4.79 Å². The molecule has 0 aromatic heterocycles. The van der Waals surface area contributed by atoms with Gasteiger partial charge in [-0.1, -0.05) is 26.2 Å². The molecule has 0 aliphatic carbocycles. The number of rotatable bonds is 10. The molecule has 1 unspecified atom stereocenters. The number of carbonyl (C=O) groups is 1. The van der Waals surface area contributed by atoms with Gasteiger partial charge in [0, 0.05) is 6.54 Å². The van der Waals surface area contributed by atoms with Gasteiger partial charge in [0.15, 0.2) is 0 Å². The van der Waals surface area contributed by atoms with Gasteiger partial charge in [0.05, 0.1) is 5.54 Å². The Morgan fingerprint density at radius 2 is 1.94 bits per heavy atom. The van der Waals surface area contributed by atoms with E-state index in [-0.39, 0.29) is 5.91 Å². The van der Waals surface area contributed by atoms with Crippen LogP contribution in [0.4, 0.5) is 0 Å². The molecule has 0 fully saturated rings. The molecule has 0 saturated carbocycles. The fraction of sp³-hybridized carbons (Fsp3) is 0.923. The average Bonchev–Trinajstić information content (AvgIpc) is 2.27. The SMILES string of the molecule is CCCC(C)(N)C(=O)NCCCCCCSC. The van der Waals surface area contributed by atoms with Crippen molar-refractivity contribution in [3.63, 3.8) is 0 Å². The molecule has 1 atom stereocenters. The summed E-state index contributed by atoms with van der Waals surface area (Å²) in [5, 5.41) is 2.93. The summed E-state index contributed by atoms with van der Waals surface area (Å²) in [5.74, 6) is 1.23. The molecule has 0 aromatic rings. The first-order valence-corrected chi connectivity index (χ1v) is 8.00. The van der Waals surface area contributed by atoms with Gasteiger partial charge in [-0.2, -0.15) is 11.8 Å². The van der Waals surface area contributed by atoms with Crippen LogP contribution in [-0.2, 0) is 4.79 Å². The molecule has 0 radical (unpaired) electrons. The molecular formula is C13H28N2OS. The standard InChI is InChI=1S/C13H28N2OS/c1-4-9-13(2,14)12(16)15-10-7-5-6-8-11-17-3/h4-11,14H2,1-3H3,(H,15,16). The Balaban J connectivity index is 3.51. The maximum Gasteiger partial charge on any atom is 0.239 e. The minimum absolute atomic E-state index is 0.0107.